The van der Waals surface area contributed by atoms with Crippen LogP contribution in [0.1, 0.15) is 30.1 Å². The van der Waals surface area contributed by atoms with Gasteiger partial charge in [-0.05, 0) is 38.0 Å². The predicted octanol–water partition coefficient (Wildman–Crippen LogP) is 2.63. The third-order valence-corrected chi connectivity index (χ3v) is 3.96. The van der Waals surface area contributed by atoms with Crippen molar-refractivity contribution in [3.05, 3.63) is 28.2 Å². The van der Waals surface area contributed by atoms with E-state index in [1.54, 1.807) is 30.0 Å². The Labute approximate surface area is 132 Å². The fourth-order valence-corrected chi connectivity index (χ4v) is 2.83. The summed E-state index contributed by atoms with van der Waals surface area (Å²) in [6.45, 7) is 2.64. The first kappa shape index (κ1) is 15.8. The second kappa shape index (κ2) is 6.93. The summed E-state index contributed by atoms with van der Waals surface area (Å²) in [6.07, 6.45) is 1.44. The zero-order chi connectivity index (χ0) is 15.4. The summed E-state index contributed by atoms with van der Waals surface area (Å²) in [5.74, 6) is -0.0433. The zero-order valence-corrected chi connectivity index (χ0v) is 13.7. The highest BCUT2D eigenvalue weighted by Crippen LogP contribution is 2.28. The van der Waals surface area contributed by atoms with Crippen molar-refractivity contribution in [3.8, 4) is 5.75 Å². The second-order valence-corrected chi connectivity index (χ2v) is 5.67. The molecule has 0 saturated carbocycles. The Balaban J connectivity index is 2.24. The molecular weight excluding hydrogens is 338 g/mol. The average Bonchev–Trinajstić information content (AvgIpc) is 2.96. The van der Waals surface area contributed by atoms with Gasteiger partial charge in [-0.3, -0.25) is 4.79 Å². The summed E-state index contributed by atoms with van der Waals surface area (Å²) < 4.78 is 11.1. The van der Waals surface area contributed by atoms with Crippen LogP contribution in [-0.4, -0.2) is 43.1 Å². The summed E-state index contributed by atoms with van der Waals surface area (Å²) >= 11 is 3.35. The fraction of sp³-hybridized carbons (Fsp3) is 0.467. The largest absolute Gasteiger partial charge is 0.496 e. The maximum atomic E-state index is 12.7. The summed E-state index contributed by atoms with van der Waals surface area (Å²) in [4.78, 5) is 26.2. The monoisotopic (exact) mass is 355 g/mol. The highest BCUT2D eigenvalue weighted by molar-refractivity contribution is 9.10. The Morgan fingerprint density at radius 1 is 1.43 bits per heavy atom. The summed E-state index contributed by atoms with van der Waals surface area (Å²) in [5, 5.41) is 0. The topological polar surface area (TPSA) is 55.8 Å². The van der Waals surface area contributed by atoms with Gasteiger partial charge in [0.15, 0.2) is 0 Å². The van der Waals surface area contributed by atoms with Crippen molar-refractivity contribution in [2.24, 2.45) is 0 Å². The number of benzene rings is 1. The molecule has 5 nitrogen and oxygen atoms in total. The molecule has 0 N–H and O–H groups in total. The number of likely N-dealkylation sites (tertiary alicyclic amines) is 1. The summed E-state index contributed by atoms with van der Waals surface area (Å²) in [5.41, 5.74) is 0.455. The molecule has 1 atom stereocenters. The highest BCUT2D eigenvalue weighted by atomic mass is 79.9. The van der Waals surface area contributed by atoms with Crippen molar-refractivity contribution >= 4 is 27.8 Å². The van der Waals surface area contributed by atoms with Crippen LogP contribution in [0.25, 0.3) is 0 Å². The van der Waals surface area contributed by atoms with Crippen LogP contribution < -0.4 is 4.74 Å². The fourth-order valence-electron chi connectivity index (χ4n) is 2.49. The van der Waals surface area contributed by atoms with Crippen molar-refractivity contribution in [1.29, 1.82) is 0 Å². The van der Waals surface area contributed by atoms with Gasteiger partial charge in [-0.15, -0.1) is 0 Å². The minimum absolute atomic E-state index is 0.199. The SMILES string of the molecule is CCOC(=O)C1CCCN1C(=O)c1ccc(Br)cc1OC. The van der Waals surface area contributed by atoms with Gasteiger partial charge < -0.3 is 14.4 Å². The van der Waals surface area contributed by atoms with E-state index in [0.29, 0.717) is 30.9 Å². The highest BCUT2D eigenvalue weighted by Gasteiger charge is 2.36. The lowest BCUT2D eigenvalue weighted by Crippen LogP contribution is -2.41. The van der Waals surface area contributed by atoms with Gasteiger partial charge >= 0.3 is 5.97 Å². The lowest BCUT2D eigenvalue weighted by Gasteiger charge is -2.24. The molecule has 1 amide bonds. The molecule has 1 fully saturated rings. The maximum absolute atomic E-state index is 12.7. The molecule has 0 aliphatic carbocycles. The van der Waals surface area contributed by atoms with E-state index in [1.807, 2.05) is 0 Å². The Morgan fingerprint density at radius 3 is 2.86 bits per heavy atom. The second-order valence-electron chi connectivity index (χ2n) is 4.75. The smallest absolute Gasteiger partial charge is 0.328 e. The first-order valence-electron chi connectivity index (χ1n) is 6.89. The van der Waals surface area contributed by atoms with E-state index in [0.717, 1.165) is 10.9 Å². The molecule has 2 rings (SSSR count). The minimum Gasteiger partial charge on any atom is -0.496 e. The van der Waals surface area contributed by atoms with E-state index >= 15 is 0 Å². The molecule has 1 aromatic carbocycles. The molecule has 0 radical (unpaired) electrons. The lowest BCUT2D eigenvalue weighted by atomic mass is 10.1. The van der Waals surface area contributed by atoms with Crippen LogP contribution in [0.2, 0.25) is 0 Å². The average molecular weight is 356 g/mol. The Morgan fingerprint density at radius 2 is 2.19 bits per heavy atom. The minimum atomic E-state index is -0.495. The standard InChI is InChI=1S/C15H18BrNO4/c1-3-21-15(19)12-5-4-8-17(12)14(18)11-7-6-10(16)9-13(11)20-2/h6-7,9,12H,3-5,8H2,1-2H3. The van der Waals surface area contributed by atoms with Crippen molar-refractivity contribution < 1.29 is 19.1 Å². The molecule has 6 heteroatoms. The van der Waals surface area contributed by atoms with Crippen LogP contribution in [0.4, 0.5) is 0 Å². The number of hydrogen-bond acceptors (Lipinski definition) is 4. The third kappa shape index (κ3) is 3.37. The number of halogens is 1. The van der Waals surface area contributed by atoms with Crippen molar-refractivity contribution in [2.75, 3.05) is 20.3 Å². The quantitative estimate of drug-likeness (QED) is 0.779. The molecule has 21 heavy (non-hydrogen) atoms. The van der Waals surface area contributed by atoms with Gasteiger partial charge in [0.05, 0.1) is 19.3 Å². The molecule has 0 bridgehead atoms. The molecule has 1 aliphatic rings. The van der Waals surface area contributed by atoms with E-state index in [2.05, 4.69) is 15.9 Å². The maximum Gasteiger partial charge on any atom is 0.328 e. The molecular formula is C15H18BrNO4. The third-order valence-electron chi connectivity index (χ3n) is 3.47. The van der Waals surface area contributed by atoms with Crippen LogP contribution in [0.15, 0.2) is 22.7 Å². The molecule has 1 saturated heterocycles. The van der Waals surface area contributed by atoms with Gasteiger partial charge in [0.2, 0.25) is 0 Å². The number of carbonyl (C=O) groups is 2. The molecule has 0 spiro atoms. The number of methoxy groups -OCH3 is 1. The van der Waals surface area contributed by atoms with Crippen molar-refractivity contribution in [1.82, 2.24) is 4.90 Å². The number of rotatable bonds is 4. The molecule has 1 unspecified atom stereocenters. The number of carbonyl (C=O) groups excluding carboxylic acids is 2. The Bertz CT molecular complexity index is 546. The van der Waals surface area contributed by atoms with Crippen molar-refractivity contribution in [3.63, 3.8) is 0 Å². The van der Waals surface area contributed by atoms with Crippen LogP contribution in [0.5, 0.6) is 5.75 Å². The normalized spacial score (nSPS) is 17.7. The van der Waals surface area contributed by atoms with Crippen molar-refractivity contribution in [2.45, 2.75) is 25.8 Å². The Hall–Kier alpha value is -1.56. The number of ether oxygens (including phenoxy) is 2. The number of esters is 1. The van der Waals surface area contributed by atoms with Gasteiger partial charge in [-0.2, -0.15) is 0 Å². The van der Waals surface area contributed by atoms with Crippen LogP contribution in [0, 0.1) is 0 Å². The molecule has 114 valence electrons. The Kier molecular flexibility index (Phi) is 5.22. The first-order chi connectivity index (χ1) is 10.1. The number of nitrogens with zero attached hydrogens (tertiary/aromatic N) is 1. The zero-order valence-electron chi connectivity index (χ0n) is 12.1. The molecule has 1 heterocycles. The van der Waals surface area contributed by atoms with Gasteiger partial charge in [0.25, 0.3) is 5.91 Å². The van der Waals surface area contributed by atoms with Crippen LogP contribution in [-0.2, 0) is 9.53 Å². The lowest BCUT2D eigenvalue weighted by molar-refractivity contribution is -0.147. The van der Waals surface area contributed by atoms with E-state index < -0.39 is 6.04 Å². The van der Waals surface area contributed by atoms with Gasteiger partial charge in [0, 0.05) is 11.0 Å². The molecule has 0 aromatic heterocycles. The van der Waals surface area contributed by atoms with E-state index in [9.17, 15) is 9.59 Å². The van der Waals surface area contributed by atoms with E-state index in [1.165, 1.54) is 7.11 Å². The van der Waals surface area contributed by atoms with Gasteiger partial charge in [-0.25, -0.2) is 4.79 Å². The predicted molar refractivity (Wildman–Crippen MR) is 81.4 cm³/mol. The summed E-state index contributed by atoms with van der Waals surface area (Å²) in [6, 6.07) is 4.73. The van der Waals surface area contributed by atoms with Gasteiger partial charge in [-0.1, -0.05) is 15.9 Å². The molecule has 1 aromatic rings. The first-order valence-corrected chi connectivity index (χ1v) is 7.69. The van der Waals surface area contributed by atoms with Gasteiger partial charge in [0.1, 0.15) is 11.8 Å². The van der Waals surface area contributed by atoms with E-state index in [4.69, 9.17) is 9.47 Å². The van der Waals surface area contributed by atoms with Crippen LogP contribution >= 0.6 is 15.9 Å². The summed E-state index contributed by atoms with van der Waals surface area (Å²) in [7, 11) is 1.52. The number of amides is 1. The van der Waals surface area contributed by atoms with Crippen LogP contribution in [0.3, 0.4) is 0 Å². The molecule has 1 aliphatic heterocycles. The number of hydrogen-bond donors (Lipinski definition) is 0. The van der Waals surface area contributed by atoms with E-state index in [-0.39, 0.29) is 11.9 Å².